The number of carboxylic acid groups (broad SMARTS) is 1. The van der Waals surface area contributed by atoms with Gasteiger partial charge in [0.2, 0.25) is 0 Å². The van der Waals surface area contributed by atoms with Gasteiger partial charge in [-0.2, -0.15) is 0 Å². The third kappa shape index (κ3) is 2.92. The molecule has 0 aliphatic rings. The molecule has 0 aliphatic carbocycles. The number of aryl methyl sites for hydroxylation is 2. The summed E-state index contributed by atoms with van der Waals surface area (Å²) in [5, 5.41) is 8.51. The normalized spacial score (nSPS) is 10.4. The number of carboxylic acids is 1. The lowest BCUT2D eigenvalue weighted by atomic mass is 10.1. The summed E-state index contributed by atoms with van der Waals surface area (Å²) >= 11 is 0. The van der Waals surface area contributed by atoms with E-state index >= 15 is 0 Å². The molecule has 1 rings (SSSR count). The molecule has 0 saturated heterocycles. The first-order chi connectivity index (χ1) is 7.56. The minimum Gasteiger partial charge on any atom is -0.481 e. The lowest BCUT2D eigenvalue weighted by molar-refractivity contribution is -0.137. The summed E-state index contributed by atoms with van der Waals surface area (Å²) in [4.78, 5) is 26.3. The molecule has 0 unspecified atom stereocenters. The third-order valence-corrected chi connectivity index (χ3v) is 2.47. The molecule has 0 aliphatic heterocycles. The van der Waals surface area contributed by atoms with E-state index in [1.54, 1.807) is 17.7 Å². The SMILES string of the molecule is CCn1c(C)ncc(CCCC(=O)O)c1=O. The molecular weight excluding hydrogens is 208 g/mol. The largest absolute Gasteiger partial charge is 0.481 e. The van der Waals surface area contributed by atoms with Gasteiger partial charge in [0.25, 0.3) is 5.56 Å². The van der Waals surface area contributed by atoms with E-state index in [4.69, 9.17) is 5.11 Å². The molecule has 0 radical (unpaired) electrons. The number of aromatic nitrogens is 2. The van der Waals surface area contributed by atoms with Crippen LogP contribution in [-0.4, -0.2) is 20.6 Å². The lowest BCUT2D eigenvalue weighted by Crippen LogP contribution is -2.26. The van der Waals surface area contributed by atoms with Crippen LogP contribution in [0.4, 0.5) is 0 Å². The standard InChI is InChI=1S/C11H16N2O3/c1-3-13-8(2)12-7-9(11(13)16)5-4-6-10(14)15/h7H,3-6H2,1-2H3,(H,14,15). The van der Waals surface area contributed by atoms with Gasteiger partial charge in [-0.1, -0.05) is 0 Å². The highest BCUT2D eigenvalue weighted by molar-refractivity contribution is 5.66. The van der Waals surface area contributed by atoms with Gasteiger partial charge < -0.3 is 5.11 Å². The Labute approximate surface area is 93.8 Å². The van der Waals surface area contributed by atoms with Crippen molar-refractivity contribution in [2.75, 3.05) is 0 Å². The van der Waals surface area contributed by atoms with Crippen LogP contribution < -0.4 is 5.56 Å². The van der Waals surface area contributed by atoms with E-state index in [0.717, 1.165) is 0 Å². The van der Waals surface area contributed by atoms with Crippen molar-refractivity contribution in [2.45, 2.75) is 39.7 Å². The fourth-order valence-electron chi connectivity index (χ4n) is 1.59. The van der Waals surface area contributed by atoms with Crippen LogP contribution in [0.5, 0.6) is 0 Å². The Balaban J connectivity index is 2.82. The molecule has 0 bridgehead atoms. The molecule has 0 atom stereocenters. The molecule has 0 spiro atoms. The van der Waals surface area contributed by atoms with E-state index in [0.29, 0.717) is 30.8 Å². The first-order valence-corrected chi connectivity index (χ1v) is 5.33. The molecule has 1 heterocycles. The molecular formula is C11H16N2O3. The summed E-state index contributed by atoms with van der Waals surface area (Å²) in [5.41, 5.74) is 0.536. The quantitative estimate of drug-likeness (QED) is 0.809. The minimum absolute atomic E-state index is 0.0552. The Hall–Kier alpha value is -1.65. The van der Waals surface area contributed by atoms with Gasteiger partial charge in [-0.15, -0.1) is 0 Å². The van der Waals surface area contributed by atoms with Crippen LogP contribution in [0.15, 0.2) is 11.0 Å². The van der Waals surface area contributed by atoms with Gasteiger partial charge in [0.15, 0.2) is 0 Å². The zero-order chi connectivity index (χ0) is 12.1. The fourth-order valence-corrected chi connectivity index (χ4v) is 1.59. The lowest BCUT2D eigenvalue weighted by Gasteiger charge is -2.07. The number of rotatable bonds is 5. The van der Waals surface area contributed by atoms with Gasteiger partial charge in [-0.05, 0) is 26.7 Å². The highest BCUT2D eigenvalue weighted by Gasteiger charge is 2.06. The van der Waals surface area contributed by atoms with E-state index in [9.17, 15) is 9.59 Å². The molecule has 88 valence electrons. The second-order valence-corrected chi connectivity index (χ2v) is 3.63. The molecule has 0 amide bonds. The second-order valence-electron chi connectivity index (χ2n) is 3.63. The maximum absolute atomic E-state index is 11.9. The molecule has 0 fully saturated rings. The van der Waals surface area contributed by atoms with E-state index in [1.165, 1.54) is 0 Å². The van der Waals surface area contributed by atoms with Crippen molar-refractivity contribution in [3.05, 3.63) is 27.9 Å². The Morgan fingerprint density at radius 3 is 2.81 bits per heavy atom. The number of hydrogen-bond donors (Lipinski definition) is 1. The maximum Gasteiger partial charge on any atom is 0.303 e. The van der Waals surface area contributed by atoms with Gasteiger partial charge >= 0.3 is 5.97 Å². The van der Waals surface area contributed by atoms with Crippen LogP contribution in [0.2, 0.25) is 0 Å². The average molecular weight is 224 g/mol. The molecule has 1 aromatic rings. The highest BCUT2D eigenvalue weighted by atomic mass is 16.4. The number of carbonyl (C=O) groups is 1. The van der Waals surface area contributed by atoms with Crippen LogP contribution in [0.1, 0.15) is 31.2 Å². The number of hydrogen-bond acceptors (Lipinski definition) is 3. The number of aliphatic carboxylic acids is 1. The van der Waals surface area contributed by atoms with Crippen LogP contribution in [-0.2, 0) is 17.8 Å². The molecule has 1 aromatic heterocycles. The monoisotopic (exact) mass is 224 g/mol. The highest BCUT2D eigenvalue weighted by Crippen LogP contribution is 2.00. The first kappa shape index (κ1) is 12.4. The third-order valence-electron chi connectivity index (χ3n) is 2.47. The van der Waals surface area contributed by atoms with Crippen molar-refractivity contribution in [1.82, 2.24) is 9.55 Å². The Kier molecular flexibility index (Phi) is 4.22. The molecule has 5 nitrogen and oxygen atoms in total. The van der Waals surface area contributed by atoms with Gasteiger partial charge in [0.1, 0.15) is 5.82 Å². The van der Waals surface area contributed by atoms with E-state index in [1.807, 2.05) is 6.92 Å². The van der Waals surface area contributed by atoms with Gasteiger partial charge in [-0.3, -0.25) is 14.2 Å². The first-order valence-electron chi connectivity index (χ1n) is 5.33. The van der Waals surface area contributed by atoms with Crippen molar-refractivity contribution in [1.29, 1.82) is 0 Å². The smallest absolute Gasteiger partial charge is 0.303 e. The fraction of sp³-hybridized carbons (Fsp3) is 0.545. The van der Waals surface area contributed by atoms with Crippen molar-refractivity contribution in [3.8, 4) is 0 Å². The van der Waals surface area contributed by atoms with E-state index < -0.39 is 5.97 Å². The Morgan fingerprint density at radius 1 is 1.56 bits per heavy atom. The van der Waals surface area contributed by atoms with E-state index in [-0.39, 0.29) is 12.0 Å². The number of nitrogens with zero attached hydrogens (tertiary/aromatic N) is 2. The summed E-state index contributed by atoms with van der Waals surface area (Å²) < 4.78 is 1.59. The summed E-state index contributed by atoms with van der Waals surface area (Å²) in [6.07, 6.45) is 2.57. The van der Waals surface area contributed by atoms with Crippen LogP contribution >= 0.6 is 0 Å². The van der Waals surface area contributed by atoms with Crippen LogP contribution in [0, 0.1) is 6.92 Å². The second kappa shape index (κ2) is 5.44. The Bertz CT molecular complexity index is 437. The van der Waals surface area contributed by atoms with Crippen molar-refractivity contribution in [3.63, 3.8) is 0 Å². The predicted molar refractivity (Wildman–Crippen MR) is 59.5 cm³/mol. The van der Waals surface area contributed by atoms with Gasteiger partial charge in [-0.25, -0.2) is 4.98 Å². The predicted octanol–water partition coefficient (Wildman–Crippen LogP) is 0.979. The van der Waals surface area contributed by atoms with Crippen molar-refractivity contribution < 1.29 is 9.90 Å². The zero-order valence-corrected chi connectivity index (χ0v) is 9.56. The molecule has 0 saturated carbocycles. The molecule has 1 N–H and O–H groups in total. The molecule has 0 aromatic carbocycles. The van der Waals surface area contributed by atoms with E-state index in [2.05, 4.69) is 4.98 Å². The average Bonchev–Trinajstić information content (AvgIpc) is 2.22. The molecule has 5 heteroatoms. The summed E-state index contributed by atoms with van der Waals surface area (Å²) in [7, 11) is 0. The zero-order valence-electron chi connectivity index (χ0n) is 9.56. The maximum atomic E-state index is 11.9. The van der Waals surface area contributed by atoms with Gasteiger partial charge in [0, 0.05) is 24.7 Å². The van der Waals surface area contributed by atoms with Crippen molar-refractivity contribution in [2.24, 2.45) is 0 Å². The topological polar surface area (TPSA) is 72.2 Å². The minimum atomic E-state index is -0.837. The Morgan fingerprint density at radius 2 is 2.25 bits per heavy atom. The summed E-state index contributed by atoms with van der Waals surface area (Å²) in [6, 6.07) is 0. The van der Waals surface area contributed by atoms with Crippen LogP contribution in [0.25, 0.3) is 0 Å². The summed E-state index contributed by atoms with van der Waals surface area (Å²) in [5.74, 6) is -0.148. The van der Waals surface area contributed by atoms with Crippen molar-refractivity contribution >= 4 is 5.97 Å². The van der Waals surface area contributed by atoms with Crippen LogP contribution in [0.3, 0.4) is 0 Å². The summed E-state index contributed by atoms with van der Waals surface area (Å²) in [6.45, 7) is 4.26. The molecule has 16 heavy (non-hydrogen) atoms. The van der Waals surface area contributed by atoms with Gasteiger partial charge in [0.05, 0.1) is 0 Å².